The highest BCUT2D eigenvalue weighted by Gasteiger charge is 2.20. The molecule has 1 fully saturated rings. The summed E-state index contributed by atoms with van der Waals surface area (Å²) in [5.41, 5.74) is 6.67. The highest BCUT2D eigenvalue weighted by Crippen LogP contribution is 2.32. The number of piperidine rings is 1. The maximum atomic E-state index is 11.6. The smallest absolute Gasteiger partial charge is 0.224 e. The molecule has 0 aromatic heterocycles. The third-order valence-corrected chi connectivity index (χ3v) is 5.21. The number of nitrogens with one attached hydrogen (secondary N) is 1. The van der Waals surface area contributed by atoms with Gasteiger partial charge in [0.25, 0.3) is 0 Å². The molecule has 1 aromatic carbocycles. The molecule has 0 bridgehead atoms. The van der Waals surface area contributed by atoms with E-state index in [1.54, 1.807) is 5.57 Å². The number of hydrogen-bond donors (Lipinski definition) is 1. The van der Waals surface area contributed by atoms with Crippen LogP contribution in [-0.4, -0.2) is 30.4 Å². The molecular formula is C19H24N2O. The van der Waals surface area contributed by atoms with Gasteiger partial charge >= 0.3 is 0 Å². The number of aryl methyl sites for hydroxylation is 2. The van der Waals surface area contributed by atoms with Crippen LogP contribution in [0.2, 0.25) is 0 Å². The molecule has 116 valence electrons. The van der Waals surface area contributed by atoms with Gasteiger partial charge in [-0.25, -0.2) is 0 Å². The number of likely N-dealkylation sites (tertiary alicyclic amines) is 1. The first-order chi connectivity index (χ1) is 10.8. The first kappa shape index (κ1) is 14.0. The average Bonchev–Trinajstić information content (AvgIpc) is 2.54. The maximum absolute atomic E-state index is 11.6. The van der Waals surface area contributed by atoms with E-state index in [-0.39, 0.29) is 5.91 Å². The zero-order valence-electron chi connectivity index (χ0n) is 13.2. The van der Waals surface area contributed by atoms with Crippen molar-refractivity contribution < 1.29 is 4.79 Å². The van der Waals surface area contributed by atoms with Crippen molar-refractivity contribution in [2.45, 2.75) is 44.9 Å². The van der Waals surface area contributed by atoms with Gasteiger partial charge in [-0.15, -0.1) is 0 Å². The van der Waals surface area contributed by atoms with Gasteiger partial charge in [-0.05, 0) is 68.0 Å². The SMILES string of the molecule is O=C1CCc2cc3c(cc2N1)C=C(CN1CCCCC1)CC3. The van der Waals surface area contributed by atoms with Gasteiger partial charge in [-0.2, -0.15) is 0 Å². The Morgan fingerprint density at radius 1 is 0.955 bits per heavy atom. The molecule has 0 unspecified atom stereocenters. The number of carbonyl (C=O) groups excluding carboxylic acids is 1. The second-order valence-corrected chi connectivity index (χ2v) is 6.90. The Morgan fingerprint density at radius 2 is 1.77 bits per heavy atom. The van der Waals surface area contributed by atoms with Gasteiger partial charge in [0.2, 0.25) is 5.91 Å². The molecule has 0 atom stereocenters. The van der Waals surface area contributed by atoms with Crippen LogP contribution in [0.4, 0.5) is 5.69 Å². The van der Waals surface area contributed by atoms with Crippen molar-refractivity contribution in [3.63, 3.8) is 0 Å². The Morgan fingerprint density at radius 3 is 2.64 bits per heavy atom. The summed E-state index contributed by atoms with van der Waals surface area (Å²) in [6.07, 6.45) is 10.3. The van der Waals surface area contributed by atoms with Crippen LogP contribution in [0.25, 0.3) is 6.08 Å². The van der Waals surface area contributed by atoms with Crippen molar-refractivity contribution in [1.29, 1.82) is 0 Å². The number of amides is 1. The topological polar surface area (TPSA) is 32.3 Å². The van der Waals surface area contributed by atoms with Crippen LogP contribution >= 0.6 is 0 Å². The maximum Gasteiger partial charge on any atom is 0.224 e. The van der Waals surface area contributed by atoms with Crippen molar-refractivity contribution >= 4 is 17.7 Å². The predicted molar refractivity (Wildman–Crippen MR) is 90.0 cm³/mol. The number of anilines is 1. The molecule has 1 aromatic rings. The Bertz CT molecular complexity index is 627. The van der Waals surface area contributed by atoms with Gasteiger partial charge in [0.05, 0.1) is 0 Å². The normalized spacial score (nSPS) is 21.6. The number of hydrogen-bond acceptors (Lipinski definition) is 2. The summed E-state index contributed by atoms with van der Waals surface area (Å²) in [6, 6.07) is 4.51. The first-order valence-corrected chi connectivity index (χ1v) is 8.65. The van der Waals surface area contributed by atoms with E-state index in [1.165, 1.54) is 55.5 Å². The molecule has 1 N–H and O–H groups in total. The average molecular weight is 296 g/mol. The monoisotopic (exact) mass is 296 g/mol. The van der Waals surface area contributed by atoms with Gasteiger partial charge < -0.3 is 5.32 Å². The van der Waals surface area contributed by atoms with E-state index < -0.39 is 0 Å². The Hall–Kier alpha value is -1.61. The van der Waals surface area contributed by atoms with Crippen molar-refractivity contribution in [3.05, 3.63) is 34.4 Å². The molecule has 0 spiro atoms. The number of rotatable bonds is 2. The van der Waals surface area contributed by atoms with E-state index in [2.05, 4.69) is 28.4 Å². The molecule has 3 aliphatic rings. The fourth-order valence-corrected chi connectivity index (χ4v) is 3.96. The zero-order chi connectivity index (χ0) is 14.9. The summed E-state index contributed by atoms with van der Waals surface area (Å²) < 4.78 is 0. The second-order valence-electron chi connectivity index (χ2n) is 6.90. The van der Waals surface area contributed by atoms with Crippen molar-refractivity contribution in [1.82, 2.24) is 4.90 Å². The number of nitrogens with zero attached hydrogens (tertiary/aromatic N) is 1. The molecule has 3 heteroatoms. The molecule has 3 nitrogen and oxygen atoms in total. The van der Waals surface area contributed by atoms with Crippen LogP contribution in [-0.2, 0) is 17.6 Å². The molecule has 22 heavy (non-hydrogen) atoms. The third-order valence-electron chi connectivity index (χ3n) is 5.21. The molecule has 2 heterocycles. The first-order valence-electron chi connectivity index (χ1n) is 8.65. The fourth-order valence-electron chi connectivity index (χ4n) is 3.96. The molecule has 0 saturated carbocycles. The van der Waals surface area contributed by atoms with Crippen LogP contribution in [0.5, 0.6) is 0 Å². The van der Waals surface area contributed by atoms with Gasteiger partial charge in [0, 0.05) is 18.7 Å². The minimum atomic E-state index is 0.153. The molecule has 1 amide bonds. The summed E-state index contributed by atoms with van der Waals surface area (Å²) in [4.78, 5) is 14.2. The van der Waals surface area contributed by atoms with E-state index >= 15 is 0 Å². The molecule has 2 aliphatic heterocycles. The van der Waals surface area contributed by atoms with E-state index in [0.717, 1.165) is 25.1 Å². The minimum absolute atomic E-state index is 0.153. The van der Waals surface area contributed by atoms with Crippen LogP contribution in [0, 0.1) is 0 Å². The number of carbonyl (C=O) groups is 1. The summed E-state index contributed by atoms with van der Waals surface area (Å²) in [7, 11) is 0. The predicted octanol–water partition coefficient (Wildman–Crippen LogP) is 3.39. The van der Waals surface area contributed by atoms with Crippen LogP contribution < -0.4 is 5.32 Å². The lowest BCUT2D eigenvalue weighted by Gasteiger charge is -2.29. The molecule has 0 radical (unpaired) electrons. The lowest BCUT2D eigenvalue weighted by molar-refractivity contribution is -0.116. The number of benzene rings is 1. The lowest BCUT2D eigenvalue weighted by Crippen LogP contribution is -2.31. The fraction of sp³-hybridized carbons (Fsp3) is 0.526. The summed E-state index contributed by atoms with van der Waals surface area (Å²) >= 11 is 0. The minimum Gasteiger partial charge on any atom is -0.326 e. The Balaban J connectivity index is 1.56. The zero-order valence-corrected chi connectivity index (χ0v) is 13.2. The molecule has 1 saturated heterocycles. The quantitative estimate of drug-likeness (QED) is 0.907. The van der Waals surface area contributed by atoms with Gasteiger partial charge in [-0.1, -0.05) is 24.1 Å². The summed E-state index contributed by atoms with van der Waals surface area (Å²) in [5, 5.41) is 3.03. The van der Waals surface area contributed by atoms with Crippen LogP contribution in [0.15, 0.2) is 17.7 Å². The lowest BCUT2D eigenvalue weighted by atomic mass is 9.88. The summed E-state index contributed by atoms with van der Waals surface area (Å²) in [6.45, 7) is 3.64. The van der Waals surface area contributed by atoms with Crippen molar-refractivity contribution in [2.75, 3.05) is 25.0 Å². The highest BCUT2D eigenvalue weighted by molar-refractivity contribution is 5.94. The summed E-state index contributed by atoms with van der Waals surface area (Å²) in [5.74, 6) is 0.153. The van der Waals surface area contributed by atoms with Gasteiger partial charge in [0.1, 0.15) is 0 Å². The van der Waals surface area contributed by atoms with Crippen molar-refractivity contribution in [2.24, 2.45) is 0 Å². The Labute approximate surface area is 132 Å². The van der Waals surface area contributed by atoms with Crippen molar-refractivity contribution in [3.8, 4) is 0 Å². The molecule has 1 aliphatic carbocycles. The van der Waals surface area contributed by atoms with E-state index in [1.807, 2.05) is 0 Å². The highest BCUT2D eigenvalue weighted by atomic mass is 16.1. The third kappa shape index (κ3) is 2.82. The van der Waals surface area contributed by atoms with Gasteiger partial charge in [-0.3, -0.25) is 9.69 Å². The second kappa shape index (κ2) is 5.88. The largest absolute Gasteiger partial charge is 0.326 e. The van der Waals surface area contributed by atoms with Gasteiger partial charge in [0.15, 0.2) is 0 Å². The standard InChI is InChI=1S/C19H24N2O/c22-19-7-6-16-11-15-5-4-14(10-17(15)12-18(16)20-19)13-21-8-2-1-3-9-21/h10-12H,1-9,13H2,(H,20,22). The van der Waals surface area contributed by atoms with E-state index in [4.69, 9.17) is 0 Å². The Kier molecular flexibility index (Phi) is 3.75. The van der Waals surface area contributed by atoms with Crippen LogP contribution in [0.1, 0.15) is 48.8 Å². The van der Waals surface area contributed by atoms with E-state index in [0.29, 0.717) is 6.42 Å². The molecular weight excluding hydrogens is 272 g/mol. The van der Waals surface area contributed by atoms with E-state index in [9.17, 15) is 4.79 Å². The molecule has 4 rings (SSSR count). The number of fused-ring (bicyclic) bond motifs is 2. The van der Waals surface area contributed by atoms with Crippen LogP contribution in [0.3, 0.4) is 0 Å².